The van der Waals surface area contributed by atoms with Gasteiger partial charge in [0, 0.05) is 0 Å². The predicted octanol–water partition coefficient (Wildman–Crippen LogP) is 5.80. The van der Waals surface area contributed by atoms with Gasteiger partial charge in [0.1, 0.15) is 11.6 Å². The van der Waals surface area contributed by atoms with Crippen LogP contribution >= 0.6 is 15.9 Å². The van der Waals surface area contributed by atoms with E-state index < -0.39 is 11.6 Å². The van der Waals surface area contributed by atoms with E-state index in [2.05, 4.69) is 22.9 Å². The normalized spacial score (nSPS) is 24.2. The molecule has 1 aromatic carbocycles. The summed E-state index contributed by atoms with van der Waals surface area (Å²) in [4.78, 5) is 0. The van der Waals surface area contributed by atoms with Gasteiger partial charge < -0.3 is 0 Å². The molecule has 0 N–H and O–H groups in total. The first-order valence-electron chi connectivity index (χ1n) is 6.76. The van der Waals surface area contributed by atoms with E-state index in [9.17, 15) is 8.78 Å². The van der Waals surface area contributed by atoms with Gasteiger partial charge in [-0.25, -0.2) is 8.78 Å². The van der Waals surface area contributed by atoms with Crippen LogP contribution < -0.4 is 0 Å². The molecule has 3 heteroatoms. The third kappa shape index (κ3) is 3.11. The van der Waals surface area contributed by atoms with Gasteiger partial charge in [0.2, 0.25) is 0 Å². The fraction of sp³-hybridized carbons (Fsp3) is 0.600. The Hall–Kier alpha value is -0.440. The molecule has 18 heavy (non-hydrogen) atoms. The first kappa shape index (κ1) is 14.0. The van der Waals surface area contributed by atoms with Crippen LogP contribution in [0, 0.1) is 17.6 Å². The van der Waals surface area contributed by atoms with E-state index in [0.717, 1.165) is 24.3 Å². The molecule has 0 heterocycles. The molecule has 0 aromatic heterocycles. The number of rotatable bonds is 3. The second-order valence-electron chi connectivity index (χ2n) is 5.30. The molecule has 0 radical (unpaired) electrons. The first-order chi connectivity index (χ1) is 8.61. The Morgan fingerprint density at radius 1 is 1.11 bits per heavy atom. The van der Waals surface area contributed by atoms with Crippen LogP contribution in [-0.2, 0) is 0 Å². The zero-order valence-corrected chi connectivity index (χ0v) is 12.3. The lowest BCUT2D eigenvalue weighted by atomic mass is 9.77. The minimum absolute atomic E-state index is 0.0501. The lowest BCUT2D eigenvalue weighted by Gasteiger charge is -2.28. The molecule has 0 nitrogen and oxygen atoms in total. The van der Waals surface area contributed by atoms with Gasteiger partial charge in [-0.1, -0.05) is 19.8 Å². The lowest BCUT2D eigenvalue weighted by Crippen LogP contribution is -2.13. The summed E-state index contributed by atoms with van der Waals surface area (Å²) in [6.07, 6.45) is 7.03. The zero-order chi connectivity index (χ0) is 13.1. The van der Waals surface area contributed by atoms with Crippen molar-refractivity contribution in [1.29, 1.82) is 0 Å². The van der Waals surface area contributed by atoms with E-state index in [1.807, 2.05) is 0 Å². The van der Waals surface area contributed by atoms with Crippen molar-refractivity contribution in [2.24, 2.45) is 5.92 Å². The summed E-state index contributed by atoms with van der Waals surface area (Å²) >= 11 is 2.92. The maximum atomic E-state index is 13.5. The molecule has 1 aromatic rings. The van der Waals surface area contributed by atoms with Gasteiger partial charge in [0.05, 0.1) is 4.47 Å². The number of benzene rings is 1. The molecule has 1 aliphatic carbocycles. The largest absolute Gasteiger partial charge is 0.206 e. The summed E-state index contributed by atoms with van der Waals surface area (Å²) in [5.41, 5.74) is 0.822. The maximum absolute atomic E-state index is 13.5. The van der Waals surface area contributed by atoms with Crippen molar-refractivity contribution in [3.8, 4) is 0 Å². The third-order valence-electron chi connectivity index (χ3n) is 4.02. The summed E-state index contributed by atoms with van der Waals surface area (Å²) in [6, 6.07) is 2.97. The van der Waals surface area contributed by atoms with Gasteiger partial charge in [-0.05, 0) is 71.1 Å². The highest BCUT2D eigenvalue weighted by Crippen LogP contribution is 2.38. The van der Waals surface area contributed by atoms with Crippen LogP contribution in [0.5, 0.6) is 0 Å². The Labute approximate surface area is 116 Å². The SMILES string of the molecule is CCC[C@H]1CC[C@H](c2cc(F)c(Br)c(F)c2)CC1. The van der Waals surface area contributed by atoms with Gasteiger partial charge in [-0.3, -0.25) is 0 Å². The second kappa shape index (κ2) is 6.14. The summed E-state index contributed by atoms with van der Waals surface area (Å²) in [6.45, 7) is 2.21. The average Bonchev–Trinajstić information content (AvgIpc) is 2.37. The Morgan fingerprint density at radius 3 is 2.17 bits per heavy atom. The smallest absolute Gasteiger partial charge is 0.140 e. The molecule has 100 valence electrons. The van der Waals surface area contributed by atoms with E-state index >= 15 is 0 Å². The third-order valence-corrected chi connectivity index (χ3v) is 4.78. The summed E-state index contributed by atoms with van der Waals surface area (Å²) in [7, 11) is 0. The lowest BCUT2D eigenvalue weighted by molar-refractivity contribution is 0.307. The number of halogens is 3. The molecular weight excluding hydrogens is 298 g/mol. The zero-order valence-electron chi connectivity index (χ0n) is 10.7. The summed E-state index contributed by atoms with van der Waals surface area (Å²) in [5, 5.41) is 0. The maximum Gasteiger partial charge on any atom is 0.140 e. The standard InChI is InChI=1S/C15H19BrF2/c1-2-3-10-4-6-11(7-5-10)12-8-13(17)15(16)14(18)9-12/h8-11H,2-7H2,1H3/t10-,11-. The Balaban J connectivity index is 2.05. The van der Waals surface area contributed by atoms with Crippen LogP contribution in [0.4, 0.5) is 8.78 Å². The molecule has 0 aliphatic heterocycles. The van der Waals surface area contributed by atoms with E-state index in [-0.39, 0.29) is 4.47 Å². The van der Waals surface area contributed by atoms with Gasteiger partial charge in [-0.15, -0.1) is 0 Å². The summed E-state index contributed by atoms with van der Waals surface area (Å²) < 4.78 is 27.0. The van der Waals surface area contributed by atoms with Crippen LogP contribution in [0.25, 0.3) is 0 Å². The molecule has 2 rings (SSSR count). The van der Waals surface area contributed by atoms with Crippen molar-refractivity contribution in [2.45, 2.75) is 51.4 Å². The van der Waals surface area contributed by atoms with E-state index in [0.29, 0.717) is 5.92 Å². The van der Waals surface area contributed by atoms with E-state index in [1.165, 1.54) is 37.8 Å². The topological polar surface area (TPSA) is 0 Å². The van der Waals surface area contributed by atoms with Crippen molar-refractivity contribution in [3.05, 3.63) is 33.8 Å². The van der Waals surface area contributed by atoms with Gasteiger partial charge in [0.25, 0.3) is 0 Å². The van der Waals surface area contributed by atoms with Crippen LogP contribution in [0.15, 0.2) is 16.6 Å². The van der Waals surface area contributed by atoms with Crippen molar-refractivity contribution in [2.75, 3.05) is 0 Å². The highest BCUT2D eigenvalue weighted by molar-refractivity contribution is 9.10. The highest BCUT2D eigenvalue weighted by atomic mass is 79.9. The number of hydrogen-bond acceptors (Lipinski definition) is 0. The molecule has 0 unspecified atom stereocenters. The molecular formula is C15H19BrF2. The fourth-order valence-corrected chi connectivity index (χ4v) is 3.23. The minimum atomic E-state index is -0.485. The van der Waals surface area contributed by atoms with Crippen LogP contribution in [0.3, 0.4) is 0 Å². The minimum Gasteiger partial charge on any atom is -0.206 e. The molecule has 0 spiro atoms. The Morgan fingerprint density at radius 2 is 1.67 bits per heavy atom. The highest BCUT2D eigenvalue weighted by Gasteiger charge is 2.23. The van der Waals surface area contributed by atoms with Gasteiger partial charge in [-0.2, -0.15) is 0 Å². The van der Waals surface area contributed by atoms with Crippen LogP contribution in [-0.4, -0.2) is 0 Å². The molecule has 1 fully saturated rings. The van der Waals surface area contributed by atoms with Crippen molar-refractivity contribution < 1.29 is 8.78 Å². The first-order valence-corrected chi connectivity index (χ1v) is 7.55. The van der Waals surface area contributed by atoms with E-state index in [1.54, 1.807) is 0 Å². The van der Waals surface area contributed by atoms with Crippen LogP contribution in [0.1, 0.15) is 56.9 Å². The Bertz CT molecular complexity index is 386. The molecule has 0 bridgehead atoms. The van der Waals surface area contributed by atoms with Crippen molar-refractivity contribution >= 4 is 15.9 Å². The van der Waals surface area contributed by atoms with Gasteiger partial charge in [0.15, 0.2) is 0 Å². The predicted molar refractivity (Wildman–Crippen MR) is 73.7 cm³/mol. The monoisotopic (exact) mass is 316 g/mol. The molecule has 0 atom stereocenters. The number of hydrogen-bond donors (Lipinski definition) is 0. The van der Waals surface area contributed by atoms with Crippen molar-refractivity contribution in [3.63, 3.8) is 0 Å². The fourth-order valence-electron chi connectivity index (χ4n) is 3.00. The molecule has 0 saturated heterocycles. The summed E-state index contributed by atoms with van der Waals surface area (Å²) in [5.74, 6) is 0.174. The quantitative estimate of drug-likeness (QED) is 0.618. The molecule has 0 amide bonds. The second-order valence-corrected chi connectivity index (χ2v) is 6.10. The average molecular weight is 317 g/mol. The Kier molecular flexibility index (Phi) is 4.77. The van der Waals surface area contributed by atoms with Gasteiger partial charge >= 0.3 is 0 Å². The molecule has 1 saturated carbocycles. The van der Waals surface area contributed by atoms with Crippen LogP contribution in [0.2, 0.25) is 0 Å². The molecule has 1 aliphatic rings. The van der Waals surface area contributed by atoms with E-state index in [4.69, 9.17) is 0 Å². The van der Waals surface area contributed by atoms with Crippen molar-refractivity contribution in [1.82, 2.24) is 0 Å².